The lowest BCUT2D eigenvalue weighted by Crippen LogP contribution is -2.43. The lowest BCUT2D eigenvalue weighted by molar-refractivity contribution is -0.385. The first-order valence-corrected chi connectivity index (χ1v) is 6.08. The average molecular weight is 261 g/mol. The van der Waals surface area contributed by atoms with Crippen LogP contribution < -0.4 is 5.32 Å². The molecule has 0 radical (unpaired) electrons. The minimum atomic E-state index is -0.538. The summed E-state index contributed by atoms with van der Waals surface area (Å²) in [5.74, 6) is 0. The Morgan fingerprint density at radius 2 is 2.37 bits per heavy atom. The molecule has 0 spiro atoms. The zero-order chi connectivity index (χ0) is 13.9. The van der Waals surface area contributed by atoms with Gasteiger partial charge in [0.2, 0.25) is 0 Å². The first-order valence-electron chi connectivity index (χ1n) is 6.08. The first kappa shape index (κ1) is 13.3. The SMILES string of the molecule is CC1(Nc2ccc(C#N)c([N+](=O)[O-])c2)CCCOC1. The molecule has 1 aliphatic rings. The molecule has 0 saturated carbocycles. The maximum atomic E-state index is 10.9. The molecule has 1 aromatic carbocycles. The highest BCUT2D eigenvalue weighted by atomic mass is 16.6. The van der Waals surface area contributed by atoms with E-state index in [2.05, 4.69) is 5.32 Å². The molecule has 1 fully saturated rings. The number of hydrogen-bond acceptors (Lipinski definition) is 5. The number of benzene rings is 1. The molecule has 1 aliphatic heterocycles. The molecule has 0 aliphatic carbocycles. The predicted octanol–water partition coefficient (Wildman–Crippen LogP) is 2.45. The van der Waals surface area contributed by atoms with E-state index in [1.165, 1.54) is 12.1 Å². The van der Waals surface area contributed by atoms with Gasteiger partial charge in [0.1, 0.15) is 11.6 Å². The van der Waals surface area contributed by atoms with Crippen LogP contribution in [0.15, 0.2) is 18.2 Å². The smallest absolute Gasteiger partial charge is 0.289 e. The highest BCUT2D eigenvalue weighted by molar-refractivity contribution is 5.59. The second kappa shape index (κ2) is 5.24. The second-order valence-electron chi connectivity index (χ2n) is 4.94. The topological polar surface area (TPSA) is 88.2 Å². The van der Waals surface area contributed by atoms with Gasteiger partial charge in [-0.25, -0.2) is 0 Å². The quantitative estimate of drug-likeness (QED) is 0.666. The van der Waals surface area contributed by atoms with Gasteiger partial charge in [-0.05, 0) is 31.9 Å². The summed E-state index contributed by atoms with van der Waals surface area (Å²) >= 11 is 0. The van der Waals surface area contributed by atoms with Crippen LogP contribution in [0.2, 0.25) is 0 Å². The van der Waals surface area contributed by atoms with Crippen LogP contribution in [0.4, 0.5) is 11.4 Å². The molecule has 1 heterocycles. The number of nitro benzene ring substituents is 1. The Kier molecular flexibility index (Phi) is 3.67. The fourth-order valence-corrected chi connectivity index (χ4v) is 2.24. The van der Waals surface area contributed by atoms with E-state index in [1.54, 1.807) is 6.07 Å². The van der Waals surface area contributed by atoms with Crippen molar-refractivity contribution >= 4 is 11.4 Å². The van der Waals surface area contributed by atoms with Crippen LogP contribution in [-0.4, -0.2) is 23.7 Å². The normalized spacial score (nSPS) is 22.5. The first-order chi connectivity index (χ1) is 9.04. The molecule has 1 aromatic rings. The van der Waals surface area contributed by atoms with Gasteiger partial charge in [0.05, 0.1) is 17.1 Å². The van der Waals surface area contributed by atoms with Crippen LogP contribution in [0.1, 0.15) is 25.3 Å². The molecular formula is C13H15N3O3. The van der Waals surface area contributed by atoms with Crippen molar-refractivity contribution in [3.8, 4) is 6.07 Å². The Bertz CT molecular complexity index is 530. The minimum absolute atomic E-state index is 0.0700. The summed E-state index contributed by atoms with van der Waals surface area (Å²) in [4.78, 5) is 10.4. The van der Waals surface area contributed by atoms with Crippen LogP contribution in [0.5, 0.6) is 0 Å². The van der Waals surface area contributed by atoms with Gasteiger partial charge >= 0.3 is 0 Å². The zero-order valence-electron chi connectivity index (χ0n) is 10.7. The maximum absolute atomic E-state index is 10.9. The van der Waals surface area contributed by atoms with Crippen molar-refractivity contribution in [3.63, 3.8) is 0 Å². The number of hydrogen-bond donors (Lipinski definition) is 1. The molecule has 0 bridgehead atoms. The number of nitro groups is 1. The average Bonchev–Trinajstić information content (AvgIpc) is 2.39. The summed E-state index contributed by atoms with van der Waals surface area (Å²) in [6.07, 6.45) is 1.91. The molecule has 6 heteroatoms. The van der Waals surface area contributed by atoms with Crippen LogP contribution in [-0.2, 0) is 4.74 Å². The molecule has 6 nitrogen and oxygen atoms in total. The van der Waals surface area contributed by atoms with Gasteiger partial charge < -0.3 is 10.1 Å². The van der Waals surface area contributed by atoms with Crippen molar-refractivity contribution in [2.24, 2.45) is 0 Å². The predicted molar refractivity (Wildman–Crippen MR) is 69.9 cm³/mol. The summed E-state index contributed by atoms with van der Waals surface area (Å²) in [5.41, 5.74) is 0.312. The molecule has 1 saturated heterocycles. The molecule has 0 aromatic heterocycles. The fraction of sp³-hybridized carbons (Fsp3) is 0.462. The molecule has 2 rings (SSSR count). The molecule has 100 valence electrons. The van der Waals surface area contributed by atoms with Crippen LogP contribution >= 0.6 is 0 Å². The Balaban J connectivity index is 2.24. The van der Waals surface area contributed by atoms with E-state index in [0.717, 1.165) is 19.4 Å². The van der Waals surface area contributed by atoms with Gasteiger partial charge in [-0.1, -0.05) is 0 Å². The van der Waals surface area contributed by atoms with E-state index in [0.29, 0.717) is 12.3 Å². The van der Waals surface area contributed by atoms with E-state index >= 15 is 0 Å². The fourth-order valence-electron chi connectivity index (χ4n) is 2.24. The summed E-state index contributed by atoms with van der Waals surface area (Å²) in [5, 5.41) is 23.0. The lowest BCUT2D eigenvalue weighted by Gasteiger charge is -2.35. The van der Waals surface area contributed by atoms with Crippen molar-refractivity contribution in [3.05, 3.63) is 33.9 Å². The lowest BCUT2D eigenvalue weighted by atomic mass is 9.94. The number of nitrogens with one attached hydrogen (secondary N) is 1. The van der Waals surface area contributed by atoms with Crippen molar-refractivity contribution in [2.45, 2.75) is 25.3 Å². The Morgan fingerprint density at radius 3 is 2.95 bits per heavy atom. The van der Waals surface area contributed by atoms with Crippen molar-refractivity contribution in [2.75, 3.05) is 18.5 Å². The molecule has 0 amide bonds. The van der Waals surface area contributed by atoms with E-state index in [4.69, 9.17) is 10.00 Å². The highest BCUT2D eigenvalue weighted by Crippen LogP contribution is 2.28. The van der Waals surface area contributed by atoms with Crippen molar-refractivity contribution < 1.29 is 9.66 Å². The minimum Gasteiger partial charge on any atom is -0.379 e. The van der Waals surface area contributed by atoms with Gasteiger partial charge in [0.15, 0.2) is 0 Å². The number of anilines is 1. The summed E-state index contributed by atoms with van der Waals surface area (Å²) in [6.45, 7) is 3.35. The summed E-state index contributed by atoms with van der Waals surface area (Å²) < 4.78 is 5.43. The summed E-state index contributed by atoms with van der Waals surface area (Å²) in [6, 6.07) is 6.38. The molecule has 19 heavy (non-hydrogen) atoms. The number of ether oxygens (including phenoxy) is 1. The third-order valence-corrected chi connectivity index (χ3v) is 3.20. The van der Waals surface area contributed by atoms with Crippen molar-refractivity contribution in [1.29, 1.82) is 5.26 Å². The van der Waals surface area contributed by atoms with Gasteiger partial charge in [0, 0.05) is 18.4 Å². The largest absolute Gasteiger partial charge is 0.379 e. The molecular weight excluding hydrogens is 246 g/mol. The van der Waals surface area contributed by atoms with Crippen molar-refractivity contribution in [1.82, 2.24) is 0 Å². The maximum Gasteiger partial charge on any atom is 0.289 e. The van der Waals surface area contributed by atoms with Gasteiger partial charge in [-0.2, -0.15) is 5.26 Å². The monoisotopic (exact) mass is 261 g/mol. The number of rotatable bonds is 3. The zero-order valence-corrected chi connectivity index (χ0v) is 10.7. The third-order valence-electron chi connectivity index (χ3n) is 3.20. The van der Waals surface area contributed by atoms with Crippen LogP contribution in [0.3, 0.4) is 0 Å². The van der Waals surface area contributed by atoms with E-state index in [9.17, 15) is 10.1 Å². The second-order valence-corrected chi connectivity index (χ2v) is 4.94. The molecule has 1 atom stereocenters. The standard InChI is InChI=1S/C13H15N3O3/c1-13(5-2-6-19-9-13)15-11-4-3-10(8-14)12(7-11)16(17)18/h3-4,7,15H,2,5-6,9H2,1H3. The van der Waals surface area contributed by atoms with Crippen LogP contribution in [0.25, 0.3) is 0 Å². The molecule has 1 unspecified atom stereocenters. The Hall–Kier alpha value is -2.13. The highest BCUT2D eigenvalue weighted by Gasteiger charge is 2.28. The van der Waals surface area contributed by atoms with E-state index in [1.807, 2.05) is 13.0 Å². The van der Waals surface area contributed by atoms with Crippen LogP contribution in [0, 0.1) is 21.4 Å². The summed E-state index contributed by atoms with van der Waals surface area (Å²) in [7, 11) is 0. The Labute approximate surface area is 111 Å². The van der Waals surface area contributed by atoms with Gasteiger partial charge in [0.25, 0.3) is 5.69 Å². The number of nitriles is 1. The van der Waals surface area contributed by atoms with E-state index < -0.39 is 4.92 Å². The third kappa shape index (κ3) is 3.01. The van der Waals surface area contributed by atoms with Gasteiger partial charge in [-0.3, -0.25) is 10.1 Å². The molecule has 1 N–H and O–H groups in total. The Morgan fingerprint density at radius 1 is 1.58 bits per heavy atom. The number of nitrogens with zero attached hydrogens (tertiary/aromatic N) is 2. The van der Waals surface area contributed by atoms with Gasteiger partial charge in [-0.15, -0.1) is 0 Å². The van der Waals surface area contributed by atoms with E-state index in [-0.39, 0.29) is 16.8 Å².